The Hall–Kier alpha value is -2.82. The van der Waals surface area contributed by atoms with Crippen molar-refractivity contribution >= 4 is 11.6 Å². The highest BCUT2D eigenvalue weighted by Crippen LogP contribution is 2.17. The van der Waals surface area contributed by atoms with Gasteiger partial charge in [0.05, 0.1) is 18.1 Å². The lowest BCUT2D eigenvalue weighted by molar-refractivity contribution is 1.16. The van der Waals surface area contributed by atoms with Gasteiger partial charge in [-0.15, -0.1) is 0 Å². The quantitative estimate of drug-likeness (QED) is 0.787. The van der Waals surface area contributed by atoms with Crippen molar-refractivity contribution in [2.24, 2.45) is 0 Å². The van der Waals surface area contributed by atoms with Crippen molar-refractivity contribution in [3.05, 3.63) is 60.7 Å². The fourth-order valence-electron chi connectivity index (χ4n) is 1.79. The summed E-state index contributed by atoms with van der Waals surface area (Å²) < 4.78 is 0. The van der Waals surface area contributed by atoms with Gasteiger partial charge in [0.15, 0.2) is 5.82 Å². The third kappa shape index (κ3) is 2.77. The molecule has 20 heavy (non-hydrogen) atoms. The summed E-state index contributed by atoms with van der Waals surface area (Å²) in [6, 6.07) is 9.58. The highest BCUT2D eigenvalue weighted by Gasteiger charge is 2.04. The Morgan fingerprint density at radius 1 is 0.900 bits per heavy atom. The van der Waals surface area contributed by atoms with E-state index in [0.717, 1.165) is 22.8 Å². The number of nitrogens with one attached hydrogen (secondary N) is 1. The minimum absolute atomic E-state index is 0.643. The van der Waals surface area contributed by atoms with Gasteiger partial charge in [-0.05, 0) is 36.8 Å². The van der Waals surface area contributed by atoms with E-state index in [1.165, 1.54) is 0 Å². The standard InChI is InChI=1S/C15H13N5/c1-11-5-7-17-12(8-11)13-9-16-10-15(19-13)20-14-4-2-3-6-18-14/h2-10H,1H3,(H,18,19,20). The van der Waals surface area contributed by atoms with Crippen molar-refractivity contribution in [2.75, 3.05) is 5.32 Å². The number of aromatic nitrogens is 4. The van der Waals surface area contributed by atoms with Crippen LogP contribution in [0.2, 0.25) is 0 Å². The molecule has 0 unspecified atom stereocenters. The molecule has 0 aliphatic rings. The molecule has 5 heteroatoms. The monoisotopic (exact) mass is 263 g/mol. The number of aryl methyl sites for hydroxylation is 1. The van der Waals surface area contributed by atoms with Crippen LogP contribution in [0.1, 0.15) is 5.56 Å². The molecule has 0 spiro atoms. The molecule has 0 fully saturated rings. The second-order valence-corrected chi connectivity index (χ2v) is 4.35. The molecule has 0 atom stereocenters. The van der Waals surface area contributed by atoms with Crippen molar-refractivity contribution in [1.29, 1.82) is 0 Å². The maximum atomic E-state index is 4.50. The topological polar surface area (TPSA) is 63.6 Å². The second kappa shape index (κ2) is 5.44. The maximum absolute atomic E-state index is 4.50. The molecule has 5 nitrogen and oxygen atoms in total. The number of rotatable bonds is 3. The predicted molar refractivity (Wildman–Crippen MR) is 77.5 cm³/mol. The van der Waals surface area contributed by atoms with E-state index in [2.05, 4.69) is 25.3 Å². The fraction of sp³-hybridized carbons (Fsp3) is 0.0667. The van der Waals surface area contributed by atoms with Crippen LogP contribution < -0.4 is 5.32 Å². The third-order valence-corrected chi connectivity index (χ3v) is 2.73. The number of hydrogen-bond donors (Lipinski definition) is 1. The van der Waals surface area contributed by atoms with Gasteiger partial charge >= 0.3 is 0 Å². The second-order valence-electron chi connectivity index (χ2n) is 4.35. The van der Waals surface area contributed by atoms with Gasteiger partial charge in [0.2, 0.25) is 0 Å². The lowest BCUT2D eigenvalue weighted by atomic mass is 10.2. The Balaban J connectivity index is 1.90. The summed E-state index contributed by atoms with van der Waals surface area (Å²) in [6.07, 6.45) is 6.85. The molecule has 0 radical (unpaired) electrons. The average molecular weight is 263 g/mol. The third-order valence-electron chi connectivity index (χ3n) is 2.73. The van der Waals surface area contributed by atoms with Crippen LogP contribution in [0, 0.1) is 6.92 Å². The van der Waals surface area contributed by atoms with Gasteiger partial charge in [-0.1, -0.05) is 6.07 Å². The largest absolute Gasteiger partial charge is 0.324 e. The SMILES string of the molecule is Cc1ccnc(-c2cncc(Nc3ccccn3)n2)c1. The van der Waals surface area contributed by atoms with Crippen LogP contribution in [0.5, 0.6) is 0 Å². The molecule has 0 saturated carbocycles. The van der Waals surface area contributed by atoms with Gasteiger partial charge in [0, 0.05) is 12.4 Å². The highest BCUT2D eigenvalue weighted by atomic mass is 15.1. The van der Waals surface area contributed by atoms with E-state index in [9.17, 15) is 0 Å². The van der Waals surface area contributed by atoms with Gasteiger partial charge < -0.3 is 5.32 Å². The molecule has 3 aromatic heterocycles. The van der Waals surface area contributed by atoms with Crippen LogP contribution in [0.15, 0.2) is 55.1 Å². The normalized spacial score (nSPS) is 10.2. The minimum Gasteiger partial charge on any atom is -0.324 e. The van der Waals surface area contributed by atoms with Gasteiger partial charge in [0.1, 0.15) is 11.5 Å². The smallest absolute Gasteiger partial charge is 0.150 e. The summed E-state index contributed by atoms with van der Waals surface area (Å²) in [7, 11) is 0. The zero-order chi connectivity index (χ0) is 13.8. The Morgan fingerprint density at radius 2 is 1.85 bits per heavy atom. The van der Waals surface area contributed by atoms with Crippen LogP contribution in [-0.4, -0.2) is 19.9 Å². The van der Waals surface area contributed by atoms with Crippen molar-refractivity contribution in [2.45, 2.75) is 6.92 Å². The molecule has 0 bridgehead atoms. The Labute approximate surface area is 116 Å². The van der Waals surface area contributed by atoms with Crippen LogP contribution >= 0.6 is 0 Å². The van der Waals surface area contributed by atoms with E-state index >= 15 is 0 Å². The highest BCUT2D eigenvalue weighted by molar-refractivity contribution is 5.58. The van der Waals surface area contributed by atoms with Gasteiger partial charge in [-0.2, -0.15) is 0 Å². The van der Waals surface area contributed by atoms with Crippen molar-refractivity contribution < 1.29 is 0 Å². The zero-order valence-electron chi connectivity index (χ0n) is 11.0. The first-order chi connectivity index (χ1) is 9.81. The van der Waals surface area contributed by atoms with Crippen LogP contribution in [-0.2, 0) is 0 Å². The lowest BCUT2D eigenvalue weighted by Gasteiger charge is -2.06. The fourth-order valence-corrected chi connectivity index (χ4v) is 1.79. The molecule has 1 N–H and O–H groups in total. The first-order valence-electron chi connectivity index (χ1n) is 6.24. The van der Waals surface area contributed by atoms with Crippen molar-refractivity contribution in [3.8, 4) is 11.4 Å². The van der Waals surface area contributed by atoms with Crippen LogP contribution in [0.3, 0.4) is 0 Å². The number of anilines is 2. The summed E-state index contributed by atoms with van der Waals surface area (Å²) in [6.45, 7) is 2.02. The van der Waals surface area contributed by atoms with Crippen LogP contribution in [0.25, 0.3) is 11.4 Å². The average Bonchev–Trinajstić information content (AvgIpc) is 2.49. The first-order valence-corrected chi connectivity index (χ1v) is 6.24. The molecule has 3 rings (SSSR count). The van der Waals surface area contributed by atoms with Crippen molar-refractivity contribution in [3.63, 3.8) is 0 Å². The van der Waals surface area contributed by atoms with E-state index in [-0.39, 0.29) is 0 Å². The number of pyridine rings is 2. The Morgan fingerprint density at radius 3 is 2.65 bits per heavy atom. The maximum Gasteiger partial charge on any atom is 0.150 e. The molecular weight excluding hydrogens is 250 g/mol. The van der Waals surface area contributed by atoms with E-state index in [4.69, 9.17) is 0 Å². The number of nitrogens with zero attached hydrogens (tertiary/aromatic N) is 4. The van der Waals surface area contributed by atoms with Crippen molar-refractivity contribution in [1.82, 2.24) is 19.9 Å². The van der Waals surface area contributed by atoms with Crippen LogP contribution in [0.4, 0.5) is 11.6 Å². The lowest BCUT2D eigenvalue weighted by Crippen LogP contribution is -1.98. The first kappa shape index (κ1) is 12.2. The molecule has 3 aromatic rings. The Bertz CT molecular complexity index is 712. The molecule has 0 aliphatic heterocycles. The van der Waals surface area contributed by atoms with Gasteiger partial charge in [0.25, 0.3) is 0 Å². The number of hydrogen-bond acceptors (Lipinski definition) is 5. The Kier molecular flexibility index (Phi) is 3.33. The van der Waals surface area contributed by atoms with E-state index in [1.807, 2.05) is 37.3 Å². The molecule has 0 saturated heterocycles. The van der Waals surface area contributed by atoms with Gasteiger partial charge in [-0.25, -0.2) is 9.97 Å². The van der Waals surface area contributed by atoms with E-state index < -0.39 is 0 Å². The molecule has 98 valence electrons. The van der Waals surface area contributed by atoms with Gasteiger partial charge in [-0.3, -0.25) is 9.97 Å². The molecule has 3 heterocycles. The molecule has 0 aliphatic carbocycles. The summed E-state index contributed by atoms with van der Waals surface area (Å²) in [4.78, 5) is 17.2. The summed E-state index contributed by atoms with van der Waals surface area (Å²) in [5.74, 6) is 1.38. The molecule has 0 amide bonds. The summed E-state index contributed by atoms with van der Waals surface area (Å²) >= 11 is 0. The molecule has 0 aromatic carbocycles. The van der Waals surface area contributed by atoms with E-state index in [0.29, 0.717) is 5.82 Å². The minimum atomic E-state index is 0.643. The zero-order valence-corrected chi connectivity index (χ0v) is 11.0. The van der Waals surface area contributed by atoms with E-state index in [1.54, 1.807) is 24.8 Å². The molecular formula is C15H13N5. The summed E-state index contributed by atoms with van der Waals surface area (Å²) in [5, 5.41) is 3.12. The summed E-state index contributed by atoms with van der Waals surface area (Å²) in [5.41, 5.74) is 2.68. The predicted octanol–water partition coefficient (Wildman–Crippen LogP) is 2.99.